The van der Waals surface area contributed by atoms with Gasteiger partial charge < -0.3 is 25.0 Å². The maximum absolute atomic E-state index is 12.8. The van der Waals surface area contributed by atoms with Gasteiger partial charge >= 0.3 is 6.09 Å². The Morgan fingerprint density at radius 2 is 1.84 bits per heavy atom. The number of carbonyl (C=O) groups is 1. The van der Waals surface area contributed by atoms with Crippen molar-refractivity contribution in [2.45, 2.75) is 70.9 Å². The lowest BCUT2D eigenvalue weighted by Gasteiger charge is -2.40. The van der Waals surface area contributed by atoms with E-state index >= 15 is 0 Å². The van der Waals surface area contributed by atoms with Crippen molar-refractivity contribution in [2.75, 3.05) is 33.2 Å². The quantitative estimate of drug-likeness (QED) is 0.377. The van der Waals surface area contributed by atoms with E-state index in [2.05, 4.69) is 15.2 Å². The fourth-order valence-corrected chi connectivity index (χ4v) is 4.15. The third kappa shape index (κ3) is 7.61. The summed E-state index contributed by atoms with van der Waals surface area (Å²) < 4.78 is 5.71. The molecule has 1 saturated carbocycles. The van der Waals surface area contributed by atoms with E-state index in [1.54, 1.807) is 12.1 Å². The molecule has 0 bridgehead atoms. The number of hydrogen-bond donors (Lipinski definition) is 2. The second kappa shape index (κ2) is 10.9. The van der Waals surface area contributed by atoms with Crippen LogP contribution in [0.15, 0.2) is 29.3 Å². The van der Waals surface area contributed by atoms with E-state index in [9.17, 15) is 9.90 Å². The molecule has 178 valence electrons. The Morgan fingerprint density at radius 3 is 2.41 bits per heavy atom. The second-order valence-corrected chi connectivity index (χ2v) is 10.0. The zero-order valence-corrected chi connectivity index (χ0v) is 20.1. The standard InChI is InChI=1S/C25H40N4O3/c1-25(2,3)32-24(31)29(18-20-7-8-20)21-13-16-28(17-14-21)23(26-4)27-15-5-6-19-9-11-22(30)12-10-19/h9-12,20-21,30H,5-8,13-18H2,1-4H3,(H,26,27). The number of guanidine groups is 1. The number of aromatic hydroxyl groups is 1. The normalized spacial score (nSPS) is 17.9. The summed E-state index contributed by atoms with van der Waals surface area (Å²) in [4.78, 5) is 21.6. The first-order chi connectivity index (χ1) is 15.2. The van der Waals surface area contributed by atoms with Crippen molar-refractivity contribution in [1.82, 2.24) is 15.1 Å². The van der Waals surface area contributed by atoms with Crippen molar-refractivity contribution in [2.24, 2.45) is 10.9 Å². The summed E-state index contributed by atoms with van der Waals surface area (Å²) in [6, 6.07) is 7.62. The summed E-state index contributed by atoms with van der Waals surface area (Å²) in [7, 11) is 1.83. The molecule has 0 spiro atoms. The van der Waals surface area contributed by atoms with Gasteiger partial charge in [-0.1, -0.05) is 12.1 Å². The van der Waals surface area contributed by atoms with Crippen LogP contribution in [0.1, 0.15) is 58.4 Å². The number of amides is 1. The number of hydrogen-bond acceptors (Lipinski definition) is 4. The minimum absolute atomic E-state index is 0.167. The number of nitrogens with one attached hydrogen (secondary N) is 1. The fraction of sp³-hybridized carbons (Fsp3) is 0.680. The van der Waals surface area contributed by atoms with Gasteiger partial charge in [0.2, 0.25) is 0 Å². The number of aliphatic imine (C=N–C) groups is 1. The van der Waals surface area contributed by atoms with E-state index in [1.165, 1.54) is 18.4 Å². The predicted molar refractivity (Wildman–Crippen MR) is 128 cm³/mol. The van der Waals surface area contributed by atoms with Crippen LogP contribution in [0.4, 0.5) is 4.79 Å². The van der Waals surface area contributed by atoms with Crippen molar-refractivity contribution in [1.29, 1.82) is 0 Å². The van der Waals surface area contributed by atoms with Crippen LogP contribution in [0, 0.1) is 5.92 Å². The van der Waals surface area contributed by atoms with E-state index in [0.29, 0.717) is 11.7 Å². The van der Waals surface area contributed by atoms with E-state index in [4.69, 9.17) is 4.74 Å². The molecule has 1 aromatic carbocycles. The predicted octanol–water partition coefficient (Wildman–Crippen LogP) is 4.01. The van der Waals surface area contributed by atoms with Crippen LogP contribution >= 0.6 is 0 Å². The molecule has 1 amide bonds. The van der Waals surface area contributed by atoms with Crippen molar-refractivity contribution >= 4 is 12.1 Å². The minimum atomic E-state index is -0.467. The molecule has 1 saturated heterocycles. The van der Waals surface area contributed by atoms with Crippen LogP contribution in [0.2, 0.25) is 0 Å². The van der Waals surface area contributed by atoms with Gasteiger partial charge in [-0.25, -0.2) is 4.79 Å². The summed E-state index contributed by atoms with van der Waals surface area (Å²) >= 11 is 0. The lowest BCUT2D eigenvalue weighted by Crippen LogP contribution is -2.52. The Morgan fingerprint density at radius 1 is 1.19 bits per heavy atom. The lowest BCUT2D eigenvalue weighted by molar-refractivity contribution is 0.00928. The van der Waals surface area contributed by atoms with Crippen LogP contribution in [0.5, 0.6) is 5.75 Å². The number of likely N-dealkylation sites (tertiary alicyclic amines) is 1. The molecule has 7 nitrogen and oxygen atoms in total. The molecule has 0 unspecified atom stereocenters. The highest BCUT2D eigenvalue weighted by molar-refractivity contribution is 5.80. The Balaban J connectivity index is 1.45. The average Bonchev–Trinajstić information content (AvgIpc) is 3.57. The third-order valence-corrected chi connectivity index (χ3v) is 6.06. The van der Waals surface area contributed by atoms with Gasteiger partial charge in [0.1, 0.15) is 11.4 Å². The van der Waals surface area contributed by atoms with Crippen molar-refractivity contribution in [3.05, 3.63) is 29.8 Å². The van der Waals surface area contributed by atoms with E-state index in [-0.39, 0.29) is 12.1 Å². The molecule has 2 N–H and O–H groups in total. The lowest BCUT2D eigenvalue weighted by atomic mass is 10.0. The molecular weight excluding hydrogens is 404 g/mol. The number of carbonyl (C=O) groups excluding carboxylic acids is 1. The molecule has 1 aliphatic carbocycles. The molecule has 0 atom stereocenters. The first kappa shape index (κ1) is 24.2. The summed E-state index contributed by atoms with van der Waals surface area (Å²) in [5, 5.41) is 12.9. The molecule has 7 heteroatoms. The van der Waals surface area contributed by atoms with Crippen molar-refractivity contribution in [3.8, 4) is 5.75 Å². The molecule has 2 aliphatic rings. The van der Waals surface area contributed by atoms with E-state index < -0.39 is 5.60 Å². The maximum Gasteiger partial charge on any atom is 0.410 e. The third-order valence-electron chi connectivity index (χ3n) is 6.06. The maximum atomic E-state index is 12.8. The Kier molecular flexibility index (Phi) is 8.26. The zero-order valence-electron chi connectivity index (χ0n) is 20.1. The smallest absolute Gasteiger partial charge is 0.410 e. The Labute approximate surface area is 192 Å². The zero-order chi connectivity index (χ0) is 23.1. The number of rotatable bonds is 7. The molecule has 1 aliphatic heterocycles. The molecule has 2 fully saturated rings. The van der Waals surface area contributed by atoms with Gasteiger partial charge in [0.25, 0.3) is 0 Å². The van der Waals surface area contributed by atoms with Crippen LogP contribution in [0.3, 0.4) is 0 Å². The summed E-state index contributed by atoms with van der Waals surface area (Å²) in [5.41, 5.74) is 0.754. The van der Waals surface area contributed by atoms with Gasteiger partial charge in [-0.05, 0) is 82.9 Å². The second-order valence-electron chi connectivity index (χ2n) is 10.0. The van der Waals surface area contributed by atoms with Gasteiger partial charge in [-0.3, -0.25) is 4.99 Å². The van der Waals surface area contributed by atoms with Crippen molar-refractivity contribution in [3.63, 3.8) is 0 Å². The van der Waals surface area contributed by atoms with E-state index in [1.807, 2.05) is 44.9 Å². The summed E-state index contributed by atoms with van der Waals surface area (Å²) in [6.45, 7) is 9.22. The molecule has 1 aromatic rings. The highest BCUT2D eigenvalue weighted by atomic mass is 16.6. The Bertz CT molecular complexity index is 760. The largest absolute Gasteiger partial charge is 0.508 e. The first-order valence-corrected chi connectivity index (χ1v) is 12.0. The number of nitrogens with zero attached hydrogens (tertiary/aromatic N) is 3. The van der Waals surface area contributed by atoms with Crippen LogP contribution in [-0.2, 0) is 11.2 Å². The fourth-order valence-electron chi connectivity index (χ4n) is 4.15. The van der Waals surface area contributed by atoms with Crippen molar-refractivity contribution < 1.29 is 14.6 Å². The number of piperidine rings is 1. The van der Waals surface area contributed by atoms with Gasteiger partial charge in [0, 0.05) is 39.3 Å². The topological polar surface area (TPSA) is 77.4 Å². The molecule has 1 heterocycles. The van der Waals surface area contributed by atoms with Crippen LogP contribution in [-0.4, -0.2) is 71.8 Å². The van der Waals surface area contributed by atoms with Gasteiger partial charge in [0.05, 0.1) is 0 Å². The van der Waals surface area contributed by atoms with Crippen LogP contribution < -0.4 is 5.32 Å². The molecule has 3 rings (SSSR count). The highest BCUT2D eigenvalue weighted by Gasteiger charge is 2.35. The Hall–Kier alpha value is -2.44. The number of phenols is 1. The minimum Gasteiger partial charge on any atom is -0.508 e. The number of aryl methyl sites for hydroxylation is 1. The molecule has 0 aromatic heterocycles. The summed E-state index contributed by atoms with van der Waals surface area (Å²) in [5.74, 6) is 1.88. The summed E-state index contributed by atoms with van der Waals surface area (Å²) in [6.07, 6.45) is 6.09. The van der Waals surface area contributed by atoms with Gasteiger partial charge in [0.15, 0.2) is 5.96 Å². The average molecular weight is 445 g/mol. The number of benzene rings is 1. The first-order valence-electron chi connectivity index (χ1n) is 12.0. The number of ether oxygens (including phenoxy) is 1. The highest BCUT2D eigenvalue weighted by Crippen LogP contribution is 2.32. The monoisotopic (exact) mass is 444 g/mol. The number of phenolic OH excluding ortho intramolecular Hbond substituents is 1. The van der Waals surface area contributed by atoms with Crippen LogP contribution in [0.25, 0.3) is 0 Å². The SMILES string of the molecule is CN=C(NCCCc1ccc(O)cc1)N1CCC(N(CC2CC2)C(=O)OC(C)(C)C)CC1. The molecular formula is C25H40N4O3. The van der Waals surface area contributed by atoms with Gasteiger partial charge in [-0.15, -0.1) is 0 Å². The molecule has 32 heavy (non-hydrogen) atoms. The molecule has 0 radical (unpaired) electrons. The van der Waals surface area contributed by atoms with E-state index in [0.717, 1.165) is 57.8 Å². The van der Waals surface area contributed by atoms with Gasteiger partial charge in [-0.2, -0.15) is 0 Å².